The van der Waals surface area contributed by atoms with Crippen LogP contribution in [-0.4, -0.2) is 48.1 Å². The van der Waals surface area contributed by atoms with E-state index in [1.165, 1.54) is 25.7 Å². The number of carbonyl (C=O) groups is 1. The summed E-state index contributed by atoms with van der Waals surface area (Å²) in [6.07, 6.45) is 7.09. The fraction of sp³-hybridized carbons (Fsp3) is 0.667. The minimum atomic E-state index is -0.326. The smallest absolute Gasteiger partial charge is 0.261 e. The Labute approximate surface area is 142 Å². The zero-order valence-electron chi connectivity index (χ0n) is 14.2. The zero-order chi connectivity index (χ0) is 16.8. The molecule has 6 heteroatoms. The number of nitrogens with one attached hydrogen (secondary N) is 2. The SMILES string of the molecule is O=C(NCC1CCCO1)c1ccc(CN2CCCCCC2)[nH]c1=O. The Morgan fingerprint density at radius 1 is 1.21 bits per heavy atom. The summed E-state index contributed by atoms with van der Waals surface area (Å²) in [5.74, 6) is -0.326. The molecule has 1 amide bonds. The number of likely N-dealkylation sites (tertiary alicyclic amines) is 1. The van der Waals surface area contributed by atoms with Crippen molar-refractivity contribution in [1.29, 1.82) is 0 Å². The quantitative estimate of drug-likeness (QED) is 0.859. The van der Waals surface area contributed by atoms with Crippen LogP contribution in [0.1, 0.15) is 54.6 Å². The fourth-order valence-electron chi connectivity index (χ4n) is 3.43. The number of hydrogen-bond acceptors (Lipinski definition) is 4. The first-order chi connectivity index (χ1) is 11.7. The molecule has 132 valence electrons. The average Bonchev–Trinajstić information content (AvgIpc) is 2.97. The van der Waals surface area contributed by atoms with Crippen molar-refractivity contribution in [1.82, 2.24) is 15.2 Å². The topological polar surface area (TPSA) is 74.4 Å². The van der Waals surface area contributed by atoms with Crippen molar-refractivity contribution >= 4 is 5.91 Å². The van der Waals surface area contributed by atoms with Gasteiger partial charge in [-0.15, -0.1) is 0 Å². The average molecular weight is 333 g/mol. The van der Waals surface area contributed by atoms with Crippen molar-refractivity contribution in [2.75, 3.05) is 26.2 Å². The lowest BCUT2D eigenvalue weighted by Crippen LogP contribution is -2.35. The van der Waals surface area contributed by atoms with E-state index in [0.29, 0.717) is 6.54 Å². The number of H-pyrrole nitrogens is 1. The number of aromatic nitrogens is 1. The highest BCUT2D eigenvalue weighted by Gasteiger charge is 2.18. The first kappa shape index (κ1) is 17.2. The summed E-state index contributed by atoms with van der Waals surface area (Å²) in [7, 11) is 0. The predicted octanol–water partition coefficient (Wildman–Crippen LogP) is 1.66. The predicted molar refractivity (Wildman–Crippen MR) is 92.1 cm³/mol. The van der Waals surface area contributed by atoms with Gasteiger partial charge in [0.05, 0.1) is 6.10 Å². The molecule has 0 aliphatic carbocycles. The van der Waals surface area contributed by atoms with E-state index in [-0.39, 0.29) is 23.1 Å². The van der Waals surface area contributed by atoms with Gasteiger partial charge >= 0.3 is 0 Å². The highest BCUT2D eigenvalue weighted by Crippen LogP contribution is 2.12. The van der Waals surface area contributed by atoms with E-state index in [0.717, 1.165) is 44.8 Å². The molecule has 3 heterocycles. The van der Waals surface area contributed by atoms with Gasteiger partial charge in [0, 0.05) is 25.4 Å². The lowest BCUT2D eigenvalue weighted by molar-refractivity contribution is 0.0856. The number of pyridine rings is 1. The summed E-state index contributed by atoms with van der Waals surface area (Å²) in [5.41, 5.74) is 0.734. The lowest BCUT2D eigenvalue weighted by atomic mass is 10.2. The van der Waals surface area contributed by atoms with Gasteiger partial charge in [-0.05, 0) is 50.9 Å². The second-order valence-electron chi connectivity index (χ2n) is 6.76. The van der Waals surface area contributed by atoms with E-state index >= 15 is 0 Å². The lowest BCUT2D eigenvalue weighted by Gasteiger charge is -2.19. The first-order valence-electron chi connectivity index (χ1n) is 9.07. The van der Waals surface area contributed by atoms with Gasteiger partial charge in [-0.2, -0.15) is 0 Å². The van der Waals surface area contributed by atoms with Crippen molar-refractivity contribution in [3.63, 3.8) is 0 Å². The minimum absolute atomic E-state index is 0.0790. The van der Waals surface area contributed by atoms with Crippen LogP contribution in [0.5, 0.6) is 0 Å². The van der Waals surface area contributed by atoms with E-state index in [9.17, 15) is 9.59 Å². The highest BCUT2D eigenvalue weighted by molar-refractivity contribution is 5.93. The minimum Gasteiger partial charge on any atom is -0.376 e. The van der Waals surface area contributed by atoms with Crippen LogP contribution in [0.3, 0.4) is 0 Å². The number of ether oxygens (including phenoxy) is 1. The molecule has 0 saturated carbocycles. The van der Waals surface area contributed by atoms with E-state index < -0.39 is 0 Å². The highest BCUT2D eigenvalue weighted by atomic mass is 16.5. The van der Waals surface area contributed by atoms with Gasteiger partial charge in [0.15, 0.2) is 0 Å². The van der Waals surface area contributed by atoms with Crippen LogP contribution in [0.15, 0.2) is 16.9 Å². The van der Waals surface area contributed by atoms with Crippen LogP contribution in [0.4, 0.5) is 0 Å². The van der Waals surface area contributed by atoms with Crippen LogP contribution in [0.2, 0.25) is 0 Å². The second kappa shape index (κ2) is 8.44. The van der Waals surface area contributed by atoms with E-state index in [1.54, 1.807) is 6.07 Å². The Bertz CT molecular complexity index is 600. The van der Waals surface area contributed by atoms with Gasteiger partial charge in [-0.25, -0.2) is 0 Å². The molecular formula is C18H27N3O3. The molecule has 0 radical (unpaired) electrons. The first-order valence-corrected chi connectivity index (χ1v) is 9.07. The Morgan fingerprint density at radius 3 is 2.67 bits per heavy atom. The summed E-state index contributed by atoms with van der Waals surface area (Å²) < 4.78 is 5.48. The molecule has 1 aromatic heterocycles. The molecule has 6 nitrogen and oxygen atoms in total. The molecule has 1 unspecified atom stereocenters. The van der Waals surface area contributed by atoms with Crippen molar-refractivity contribution in [3.8, 4) is 0 Å². The van der Waals surface area contributed by atoms with Crippen LogP contribution in [0, 0.1) is 0 Å². The standard InChI is InChI=1S/C18H27N3O3/c22-17(19-12-15-6-5-11-24-15)16-8-7-14(20-18(16)23)13-21-9-3-1-2-4-10-21/h7-8,15H,1-6,9-13H2,(H,19,22)(H,20,23). The monoisotopic (exact) mass is 333 g/mol. The summed E-state index contributed by atoms with van der Waals surface area (Å²) in [6.45, 7) is 4.12. The third-order valence-electron chi connectivity index (χ3n) is 4.82. The van der Waals surface area contributed by atoms with Crippen LogP contribution >= 0.6 is 0 Å². The molecule has 0 aromatic carbocycles. The van der Waals surface area contributed by atoms with Crippen LogP contribution in [0.25, 0.3) is 0 Å². The maximum atomic E-state index is 12.2. The molecule has 2 saturated heterocycles. The zero-order valence-corrected chi connectivity index (χ0v) is 14.2. The normalized spacial score (nSPS) is 22.2. The van der Waals surface area contributed by atoms with Gasteiger partial charge < -0.3 is 15.0 Å². The largest absolute Gasteiger partial charge is 0.376 e. The van der Waals surface area contributed by atoms with Gasteiger partial charge in [-0.3, -0.25) is 14.5 Å². The second-order valence-corrected chi connectivity index (χ2v) is 6.76. The number of nitrogens with zero attached hydrogens (tertiary/aromatic N) is 1. The molecule has 0 spiro atoms. The van der Waals surface area contributed by atoms with Crippen molar-refractivity contribution in [2.24, 2.45) is 0 Å². The molecule has 24 heavy (non-hydrogen) atoms. The number of rotatable bonds is 5. The maximum Gasteiger partial charge on any atom is 0.261 e. The Morgan fingerprint density at radius 2 is 2.00 bits per heavy atom. The third kappa shape index (κ3) is 4.68. The molecule has 0 bridgehead atoms. The molecule has 1 aromatic rings. The number of hydrogen-bond donors (Lipinski definition) is 2. The Balaban J connectivity index is 1.57. The van der Waals surface area contributed by atoms with Crippen molar-refractivity contribution in [2.45, 2.75) is 51.2 Å². The molecule has 3 rings (SSSR count). The number of aromatic amines is 1. The number of carbonyl (C=O) groups excluding carboxylic acids is 1. The van der Waals surface area contributed by atoms with Crippen molar-refractivity contribution < 1.29 is 9.53 Å². The maximum absolute atomic E-state index is 12.2. The molecule has 2 aliphatic heterocycles. The molecule has 2 aliphatic rings. The third-order valence-corrected chi connectivity index (χ3v) is 4.82. The Hall–Kier alpha value is -1.66. The molecule has 1 atom stereocenters. The van der Waals surface area contributed by atoms with Crippen LogP contribution < -0.4 is 10.9 Å². The summed E-state index contributed by atoms with van der Waals surface area (Å²) >= 11 is 0. The van der Waals surface area contributed by atoms with E-state index in [2.05, 4.69) is 15.2 Å². The van der Waals surface area contributed by atoms with E-state index in [4.69, 9.17) is 4.74 Å². The molecule has 2 fully saturated rings. The summed E-state index contributed by atoms with van der Waals surface area (Å²) in [4.78, 5) is 29.6. The summed E-state index contributed by atoms with van der Waals surface area (Å²) in [6, 6.07) is 3.49. The van der Waals surface area contributed by atoms with Gasteiger partial charge in [0.25, 0.3) is 11.5 Å². The van der Waals surface area contributed by atoms with Gasteiger partial charge in [0.1, 0.15) is 5.56 Å². The van der Waals surface area contributed by atoms with Gasteiger partial charge in [-0.1, -0.05) is 12.8 Å². The fourth-order valence-corrected chi connectivity index (χ4v) is 3.43. The Kier molecular flexibility index (Phi) is 6.04. The number of amides is 1. The summed E-state index contributed by atoms with van der Waals surface area (Å²) in [5, 5.41) is 2.80. The molecular weight excluding hydrogens is 306 g/mol. The van der Waals surface area contributed by atoms with Gasteiger partial charge in [0.2, 0.25) is 0 Å². The van der Waals surface area contributed by atoms with E-state index in [1.807, 2.05) is 6.07 Å². The molecule has 2 N–H and O–H groups in total. The van der Waals surface area contributed by atoms with Crippen LogP contribution in [-0.2, 0) is 11.3 Å². The van der Waals surface area contributed by atoms with Crippen molar-refractivity contribution in [3.05, 3.63) is 33.7 Å².